The highest BCUT2D eigenvalue weighted by Gasteiger charge is 2.22. The van der Waals surface area contributed by atoms with Gasteiger partial charge < -0.3 is 10.6 Å². The summed E-state index contributed by atoms with van der Waals surface area (Å²) in [6.45, 7) is 0.655. The fourth-order valence-corrected chi connectivity index (χ4v) is 2.51. The number of nitrogens with one attached hydrogen (secondary N) is 2. The number of aryl methyl sites for hydroxylation is 2. The highest BCUT2D eigenvalue weighted by Crippen LogP contribution is 2.21. The fourth-order valence-electron chi connectivity index (χ4n) is 2.51. The molecule has 2 N–H and O–H groups in total. The van der Waals surface area contributed by atoms with Gasteiger partial charge in [0.05, 0.1) is 12.2 Å². The van der Waals surface area contributed by atoms with Crippen LogP contribution >= 0.6 is 0 Å². The fraction of sp³-hybridized carbons (Fsp3) is 0.333. The highest BCUT2D eigenvalue weighted by atomic mass is 16.2. The molecule has 0 fully saturated rings. The molecular formula is C15H18N4O. The number of para-hydroxylation sites is 1. The van der Waals surface area contributed by atoms with Crippen LogP contribution in [0.25, 0.3) is 0 Å². The number of benzene rings is 1. The van der Waals surface area contributed by atoms with Crippen LogP contribution in [0.3, 0.4) is 0 Å². The van der Waals surface area contributed by atoms with E-state index in [1.807, 2.05) is 37.6 Å². The van der Waals surface area contributed by atoms with Gasteiger partial charge in [-0.3, -0.25) is 9.48 Å². The first-order chi connectivity index (χ1) is 9.72. The number of carbonyl (C=O) groups is 1. The molecule has 1 amide bonds. The van der Waals surface area contributed by atoms with Crippen LogP contribution in [0.5, 0.6) is 0 Å². The molecule has 1 atom stereocenters. The Bertz CT molecular complexity index is 620. The summed E-state index contributed by atoms with van der Waals surface area (Å²) in [5.41, 5.74) is 3.22. The van der Waals surface area contributed by atoms with Crippen LogP contribution in [0.2, 0.25) is 0 Å². The first kappa shape index (κ1) is 12.9. The Hall–Kier alpha value is -2.14. The zero-order valence-electron chi connectivity index (χ0n) is 11.5. The second-order valence-electron chi connectivity index (χ2n) is 5.14. The summed E-state index contributed by atoms with van der Waals surface area (Å²) >= 11 is 0. The lowest BCUT2D eigenvalue weighted by atomic mass is 10.1. The van der Waals surface area contributed by atoms with E-state index >= 15 is 0 Å². The first-order valence-corrected chi connectivity index (χ1v) is 6.82. The third-order valence-corrected chi connectivity index (χ3v) is 3.61. The van der Waals surface area contributed by atoms with E-state index in [0.29, 0.717) is 6.54 Å². The summed E-state index contributed by atoms with van der Waals surface area (Å²) in [7, 11) is 1.89. The standard InChI is InChI=1S/C15H18N4O/c1-19-10-11(9-17-19)8-16-14-7-6-12-4-2-3-5-13(12)18-15(14)20/h2-5,9-10,14,16H,6-8H2,1H3,(H,18,20). The van der Waals surface area contributed by atoms with Crippen LogP contribution in [0.1, 0.15) is 17.5 Å². The second kappa shape index (κ2) is 5.46. The predicted octanol–water partition coefficient (Wildman–Crippen LogP) is 1.46. The number of aromatic nitrogens is 2. The van der Waals surface area contributed by atoms with Crippen molar-refractivity contribution in [3.63, 3.8) is 0 Å². The maximum Gasteiger partial charge on any atom is 0.241 e. The summed E-state index contributed by atoms with van der Waals surface area (Å²) in [4.78, 5) is 12.2. The van der Waals surface area contributed by atoms with Crippen molar-refractivity contribution in [2.75, 3.05) is 5.32 Å². The summed E-state index contributed by atoms with van der Waals surface area (Å²) in [5, 5.41) is 10.4. The Kier molecular flexibility index (Phi) is 3.52. The Morgan fingerprint density at radius 1 is 1.45 bits per heavy atom. The van der Waals surface area contributed by atoms with Gasteiger partial charge in [0, 0.05) is 31.0 Å². The molecule has 0 spiro atoms. The largest absolute Gasteiger partial charge is 0.324 e. The van der Waals surface area contributed by atoms with E-state index in [1.54, 1.807) is 4.68 Å². The van der Waals surface area contributed by atoms with Crippen LogP contribution in [-0.4, -0.2) is 21.7 Å². The molecule has 5 heteroatoms. The van der Waals surface area contributed by atoms with Gasteiger partial charge in [-0.15, -0.1) is 0 Å². The molecule has 0 saturated carbocycles. The topological polar surface area (TPSA) is 59.0 Å². The number of fused-ring (bicyclic) bond motifs is 1. The monoisotopic (exact) mass is 270 g/mol. The number of hydrogen-bond acceptors (Lipinski definition) is 3. The quantitative estimate of drug-likeness (QED) is 0.888. The van der Waals surface area contributed by atoms with Crippen molar-refractivity contribution < 1.29 is 4.79 Å². The maximum absolute atomic E-state index is 12.2. The molecule has 104 valence electrons. The zero-order chi connectivity index (χ0) is 13.9. The molecule has 2 heterocycles. The first-order valence-electron chi connectivity index (χ1n) is 6.82. The summed E-state index contributed by atoms with van der Waals surface area (Å²) in [5.74, 6) is 0.0406. The lowest BCUT2D eigenvalue weighted by Crippen LogP contribution is -2.39. The third-order valence-electron chi connectivity index (χ3n) is 3.61. The van der Waals surface area contributed by atoms with Gasteiger partial charge in [-0.1, -0.05) is 18.2 Å². The molecule has 1 aromatic carbocycles. The van der Waals surface area contributed by atoms with E-state index in [9.17, 15) is 4.79 Å². The number of amides is 1. The average Bonchev–Trinajstić information content (AvgIpc) is 2.78. The molecule has 2 aromatic rings. The lowest BCUT2D eigenvalue weighted by molar-refractivity contribution is -0.118. The van der Waals surface area contributed by atoms with Crippen LogP contribution in [0, 0.1) is 0 Å². The van der Waals surface area contributed by atoms with E-state index in [1.165, 1.54) is 5.56 Å². The van der Waals surface area contributed by atoms with Crippen molar-refractivity contribution in [3.8, 4) is 0 Å². The van der Waals surface area contributed by atoms with Gasteiger partial charge >= 0.3 is 0 Å². The maximum atomic E-state index is 12.2. The van der Waals surface area contributed by atoms with Crippen LogP contribution < -0.4 is 10.6 Å². The van der Waals surface area contributed by atoms with E-state index in [2.05, 4.69) is 21.8 Å². The minimum absolute atomic E-state index is 0.0406. The van der Waals surface area contributed by atoms with Gasteiger partial charge in [0.2, 0.25) is 5.91 Å². The summed E-state index contributed by atoms with van der Waals surface area (Å²) in [6.07, 6.45) is 5.48. The van der Waals surface area contributed by atoms with Crippen LogP contribution in [0.4, 0.5) is 5.69 Å². The third kappa shape index (κ3) is 2.72. The van der Waals surface area contributed by atoms with Crippen molar-refractivity contribution >= 4 is 11.6 Å². The smallest absolute Gasteiger partial charge is 0.241 e. The molecule has 0 radical (unpaired) electrons. The predicted molar refractivity (Wildman–Crippen MR) is 77.2 cm³/mol. The summed E-state index contributed by atoms with van der Waals surface area (Å²) in [6, 6.07) is 7.81. The van der Waals surface area contributed by atoms with E-state index in [4.69, 9.17) is 0 Å². The van der Waals surface area contributed by atoms with Gasteiger partial charge in [0.15, 0.2) is 0 Å². The molecule has 5 nitrogen and oxygen atoms in total. The molecule has 20 heavy (non-hydrogen) atoms. The Balaban J connectivity index is 1.65. The molecule has 0 aliphatic carbocycles. The molecule has 1 aliphatic rings. The van der Waals surface area contributed by atoms with Crippen molar-refractivity contribution in [1.29, 1.82) is 0 Å². The van der Waals surface area contributed by atoms with Crippen LogP contribution in [0.15, 0.2) is 36.7 Å². The van der Waals surface area contributed by atoms with E-state index in [-0.39, 0.29) is 11.9 Å². The second-order valence-corrected chi connectivity index (χ2v) is 5.14. The molecule has 1 aromatic heterocycles. The van der Waals surface area contributed by atoms with E-state index < -0.39 is 0 Å². The van der Waals surface area contributed by atoms with Gasteiger partial charge in [-0.05, 0) is 24.5 Å². The number of carbonyl (C=O) groups excluding carboxylic acids is 1. The van der Waals surface area contributed by atoms with Crippen molar-refractivity contribution in [1.82, 2.24) is 15.1 Å². The lowest BCUT2D eigenvalue weighted by Gasteiger charge is -2.14. The summed E-state index contributed by atoms with van der Waals surface area (Å²) < 4.78 is 1.76. The van der Waals surface area contributed by atoms with Gasteiger partial charge in [0.25, 0.3) is 0 Å². The Morgan fingerprint density at radius 3 is 3.10 bits per heavy atom. The molecular weight excluding hydrogens is 252 g/mol. The molecule has 0 bridgehead atoms. The molecule has 1 aliphatic heterocycles. The molecule has 1 unspecified atom stereocenters. The average molecular weight is 270 g/mol. The Morgan fingerprint density at radius 2 is 2.30 bits per heavy atom. The zero-order valence-corrected chi connectivity index (χ0v) is 11.5. The minimum Gasteiger partial charge on any atom is -0.324 e. The van der Waals surface area contributed by atoms with Crippen molar-refractivity contribution in [3.05, 3.63) is 47.8 Å². The SMILES string of the molecule is Cn1cc(CNC2CCc3ccccc3NC2=O)cn1. The Labute approximate surface area is 118 Å². The molecule has 0 saturated heterocycles. The highest BCUT2D eigenvalue weighted by molar-refractivity contribution is 5.96. The van der Waals surface area contributed by atoms with Gasteiger partial charge in [-0.2, -0.15) is 5.10 Å². The van der Waals surface area contributed by atoms with Gasteiger partial charge in [0.1, 0.15) is 0 Å². The van der Waals surface area contributed by atoms with Crippen molar-refractivity contribution in [2.24, 2.45) is 7.05 Å². The normalized spacial score (nSPS) is 18.2. The number of rotatable bonds is 3. The van der Waals surface area contributed by atoms with Gasteiger partial charge in [-0.25, -0.2) is 0 Å². The number of nitrogens with zero attached hydrogens (tertiary/aromatic N) is 2. The van der Waals surface area contributed by atoms with E-state index in [0.717, 1.165) is 24.1 Å². The van der Waals surface area contributed by atoms with Crippen LogP contribution in [-0.2, 0) is 24.8 Å². The van der Waals surface area contributed by atoms with Crippen molar-refractivity contribution in [2.45, 2.75) is 25.4 Å². The number of hydrogen-bond donors (Lipinski definition) is 2. The minimum atomic E-state index is -0.164. The molecule has 3 rings (SSSR count). The number of anilines is 1.